The monoisotopic (exact) mass is 261 g/mol. The van der Waals surface area contributed by atoms with E-state index in [1.54, 1.807) is 12.4 Å². The molecule has 0 atom stereocenters. The van der Waals surface area contributed by atoms with Crippen molar-refractivity contribution in [3.63, 3.8) is 0 Å². The molecule has 94 valence electrons. The van der Waals surface area contributed by atoms with E-state index < -0.39 is 0 Å². The fraction of sp³-hybridized carbons (Fsp3) is 0.267. The predicted molar refractivity (Wildman–Crippen MR) is 74.1 cm³/mol. The molecule has 3 heteroatoms. The normalized spacial score (nSPS) is 10.3. The Kier molecular flexibility index (Phi) is 5.03. The van der Waals surface area contributed by atoms with Gasteiger partial charge in [0.1, 0.15) is 5.75 Å². The number of aromatic nitrogens is 1. The number of nitrogens with zero attached hydrogens (tertiary/aromatic N) is 1. The summed E-state index contributed by atoms with van der Waals surface area (Å²) in [5.74, 6) is 1.27. The van der Waals surface area contributed by atoms with Gasteiger partial charge in [-0.1, -0.05) is 30.3 Å². The van der Waals surface area contributed by atoms with Gasteiger partial charge in [0, 0.05) is 18.0 Å². The molecule has 0 bridgehead atoms. The molecule has 2 rings (SSSR count). The van der Waals surface area contributed by atoms with Gasteiger partial charge in [0.2, 0.25) is 0 Å². The van der Waals surface area contributed by atoms with Gasteiger partial charge in [0.15, 0.2) is 0 Å². The van der Waals surface area contributed by atoms with E-state index in [2.05, 4.69) is 29.2 Å². The fourth-order valence-corrected chi connectivity index (χ4v) is 1.96. The van der Waals surface area contributed by atoms with Gasteiger partial charge >= 0.3 is 0 Å². The van der Waals surface area contributed by atoms with Crippen molar-refractivity contribution >= 4 is 11.6 Å². The highest BCUT2D eigenvalue weighted by molar-refractivity contribution is 6.17. The molecule has 0 aliphatic carbocycles. The molecule has 0 aliphatic heterocycles. The summed E-state index contributed by atoms with van der Waals surface area (Å²) >= 11 is 5.82. The maximum Gasteiger partial charge on any atom is 0.126 e. The summed E-state index contributed by atoms with van der Waals surface area (Å²) in [5.41, 5.74) is 2.28. The van der Waals surface area contributed by atoms with Crippen LogP contribution < -0.4 is 4.74 Å². The first-order chi connectivity index (χ1) is 8.90. The van der Waals surface area contributed by atoms with Gasteiger partial charge in [-0.25, -0.2) is 0 Å². The second-order valence-corrected chi connectivity index (χ2v) is 4.32. The minimum atomic E-state index is 0.432. The standard InChI is InChI=1S/C15H16ClNO/c16-11-14-12-17-9-8-15(14)18-10-4-7-13-5-2-1-3-6-13/h1-3,5-6,8-9,12H,4,7,10-11H2. The maximum absolute atomic E-state index is 5.82. The van der Waals surface area contributed by atoms with Gasteiger partial charge in [-0.3, -0.25) is 4.98 Å². The average Bonchev–Trinajstić information content (AvgIpc) is 2.45. The van der Waals surface area contributed by atoms with Crippen molar-refractivity contribution in [1.29, 1.82) is 0 Å². The van der Waals surface area contributed by atoms with Crippen molar-refractivity contribution in [2.45, 2.75) is 18.7 Å². The lowest BCUT2D eigenvalue weighted by molar-refractivity contribution is 0.308. The van der Waals surface area contributed by atoms with Crippen molar-refractivity contribution in [2.24, 2.45) is 0 Å². The van der Waals surface area contributed by atoms with Gasteiger partial charge in [-0.15, -0.1) is 11.6 Å². The van der Waals surface area contributed by atoms with E-state index in [1.165, 1.54) is 5.56 Å². The number of halogens is 1. The number of alkyl halides is 1. The Hall–Kier alpha value is -1.54. The Balaban J connectivity index is 1.78. The molecule has 18 heavy (non-hydrogen) atoms. The molecule has 1 heterocycles. The molecular formula is C15H16ClNO. The zero-order valence-electron chi connectivity index (χ0n) is 10.2. The zero-order valence-corrected chi connectivity index (χ0v) is 10.9. The van der Waals surface area contributed by atoms with Crippen LogP contribution in [0.2, 0.25) is 0 Å². The molecule has 0 N–H and O–H groups in total. The summed E-state index contributed by atoms with van der Waals surface area (Å²) in [6.45, 7) is 0.697. The van der Waals surface area contributed by atoms with Crippen LogP contribution in [0.1, 0.15) is 17.5 Å². The highest BCUT2D eigenvalue weighted by Crippen LogP contribution is 2.18. The van der Waals surface area contributed by atoms with E-state index in [1.807, 2.05) is 12.1 Å². The summed E-state index contributed by atoms with van der Waals surface area (Å²) in [7, 11) is 0. The number of ether oxygens (including phenoxy) is 1. The van der Waals surface area contributed by atoms with Crippen LogP contribution in [0.5, 0.6) is 5.75 Å². The molecule has 0 unspecified atom stereocenters. The number of pyridine rings is 1. The molecule has 0 saturated carbocycles. The SMILES string of the molecule is ClCc1cnccc1OCCCc1ccccc1. The largest absolute Gasteiger partial charge is 0.493 e. The Morgan fingerprint density at radius 3 is 2.72 bits per heavy atom. The number of rotatable bonds is 6. The highest BCUT2D eigenvalue weighted by atomic mass is 35.5. The molecular weight excluding hydrogens is 246 g/mol. The fourth-order valence-electron chi connectivity index (χ4n) is 1.76. The van der Waals surface area contributed by atoms with E-state index in [-0.39, 0.29) is 0 Å². The molecule has 1 aromatic heterocycles. The van der Waals surface area contributed by atoms with Crippen molar-refractivity contribution in [3.8, 4) is 5.75 Å². The molecule has 2 nitrogen and oxygen atoms in total. The van der Waals surface area contributed by atoms with Crippen molar-refractivity contribution in [1.82, 2.24) is 4.98 Å². The first kappa shape index (κ1) is 12.9. The second kappa shape index (κ2) is 7.02. The number of hydrogen-bond donors (Lipinski definition) is 0. The summed E-state index contributed by atoms with van der Waals surface area (Å²) in [4.78, 5) is 4.03. The third-order valence-corrected chi connectivity index (χ3v) is 3.00. The first-order valence-corrected chi connectivity index (χ1v) is 6.59. The highest BCUT2D eigenvalue weighted by Gasteiger charge is 2.01. The quantitative estimate of drug-likeness (QED) is 0.582. The third kappa shape index (κ3) is 3.74. The Bertz CT molecular complexity index is 473. The molecule has 0 fully saturated rings. The first-order valence-electron chi connectivity index (χ1n) is 6.05. The van der Waals surface area contributed by atoms with E-state index in [9.17, 15) is 0 Å². The van der Waals surface area contributed by atoms with Crippen LogP contribution in [0.25, 0.3) is 0 Å². The van der Waals surface area contributed by atoms with Crippen molar-refractivity contribution in [2.75, 3.05) is 6.61 Å². The molecule has 0 radical (unpaired) electrons. The third-order valence-electron chi connectivity index (χ3n) is 2.71. The van der Waals surface area contributed by atoms with Crippen LogP contribution in [0.15, 0.2) is 48.8 Å². The van der Waals surface area contributed by atoms with Crippen molar-refractivity contribution in [3.05, 3.63) is 59.9 Å². The number of hydrogen-bond acceptors (Lipinski definition) is 2. The number of benzene rings is 1. The van der Waals surface area contributed by atoms with Crippen LogP contribution in [-0.4, -0.2) is 11.6 Å². The van der Waals surface area contributed by atoms with Gasteiger partial charge in [0.05, 0.1) is 12.5 Å². The lowest BCUT2D eigenvalue weighted by atomic mass is 10.1. The Morgan fingerprint density at radius 2 is 1.94 bits per heavy atom. The molecule has 0 spiro atoms. The van der Waals surface area contributed by atoms with Gasteiger partial charge in [-0.05, 0) is 24.5 Å². The lowest BCUT2D eigenvalue weighted by Gasteiger charge is -2.09. The zero-order chi connectivity index (χ0) is 12.6. The van der Waals surface area contributed by atoms with Crippen LogP contribution in [-0.2, 0) is 12.3 Å². The second-order valence-electron chi connectivity index (χ2n) is 4.05. The predicted octanol–water partition coefficient (Wildman–Crippen LogP) is 3.83. The van der Waals surface area contributed by atoms with E-state index in [4.69, 9.17) is 16.3 Å². The molecule has 0 aliphatic rings. The van der Waals surface area contributed by atoms with Crippen LogP contribution in [0.4, 0.5) is 0 Å². The smallest absolute Gasteiger partial charge is 0.126 e. The Morgan fingerprint density at radius 1 is 1.11 bits per heavy atom. The van der Waals surface area contributed by atoms with Crippen LogP contribution in [0, 0.1) is 0 Å². The van der Waals surface area contributed by atoms with E-state index >= 15 is 0 Å². The Labute approximate surface area is 113 Å². The molecule has 0 amide bonds. The molecule has 1 aromatic carbocycles. The summed E-state index contributed by atoms with van der Waals surface area (Å²) in [6.07, 6.45) is 5.50. The minimum Gasteiger partial charge on any atom is -0.493 e. The summed E-state index contributed by atoms with van der Waals surface area (Å²) in [5, 5.41) is 0. The van der Waals surface area contributed by atoms with E-state index in [0.29, 0.717) is 12.5 Å². The maximum atomic E-state index is 5.82. The lowest BCUT2D eigenvalue weighted by Crippen LogP contribution is -2.01. The summed E-state index contributed by atoms with van der Waals surface area (Å²) < 4.78 is 5.73. The number of aryl methyl sites for hydroxylation is 1. The molecule has 2 aromatic rings. The van der Waals surface area contributed by atoms with Crippen LogP contribution in [0.3, 0.4) is 0 Å². The van der Waals surface area contributed by atoms with Crippen LogP contribution >= 0.6 is 11.6 Å². The van der Waals surface area contributed by atoms with Gasteiger partial charge in [0.25, 0.3) is 0 Å². The van der Waals surface area contributed by atoms with Gasteiger partial charge < -0.3 is 4.74 Å². The van der Waals surface area contributed by atoms with E-state index in [0.717, 1.165) is 24.2 Å². The molecule has 0 saturated heterocycles. The van der Waals surface area contributed by atoms with Gasteiger partial charge in [-0.2, -0.15) is 0 Å². The van der Waals surface area contributed by atoms with Crippen molar-refractivity contribution < 1.29 is 4.74 Å². The topological polar surface area (TPSA) is 22.1 Å². The average molecular weight is 262 g/mol. The summed E-state index contributed by atoms with van der Waals surface area (Å²) in [6, 6.07) is 12.3. The minimum absolute atomic E-state index is 0.432.